The van der Waals surface area contributed by atoms with Crippen molar-refractivity contribution in [2.45, 2.75) is 25.0 Å². The van der Waals surface area contributed by atoms with Crippen LogP contribution in [-0.4, -0.2) is 36.5 Å². The Kier molecular flexibility index (Phi) is 3.16. The van der Waals surface area contributed by atoms with Crippen LogP contribution in [0, 0.1) is 5.82 Å². The lowest BCUT2D eigenvalue weighted by Crippen LogP contribution is -2.28. The lowest BCUT2D eigenvalue weighted by molar-refractivity contribution is -0.0140. The molecule has 1 atom stereocenters. The number of aromatic carboxylic acids is 1. The van der Waals surface area contributed by atoms with E-state index in [-0.39, 0.29) is 31.6 Å². The first-order valence-electron chi connectivity index (χ1n) is 10.9. The van der Waals surface area contributed by atoms with Crippen LogP contribution >= 0.6 is 0 Å². The van der Waals surface area contributed by atoms with Crippen LogP contribution in [0.1, 0.15) is 48.1 Å². The van der Waals surface area contributed by atoms with Crippen molar-refractivity contribution in [2.24, 2.45) is 0 Å². The Morgan fingerprint density at radius 2 is 2.08 bits per heavy atom. The summed E-state index contributed by atoms with van der Waals surface area (Å²) in [6.07, 6.45) is 0.384. The van der Waals surface area contributed by atoms with Crippen LogP contribution in [0.5, 0.6) is 0 Å². The highest BCUT2D eigenvalue weighted by atomic mass is 19.1. The summed E-state index contributed by atoms with van der Waals surface area (Å²) in [5.41, 5.74) is 0.999. The molecule has 0 saturated carbocycles. The molecule has 0 amide bonds. The number of benzene rings is 2. The van der Waals surface area contributed by atoms with Gasteiger partial charge >= 0.3 is 5.97 Å². The second-order valence-corrected chi connectivity index (χ2v) is 6.05. The predicted molar refractivity (Wildman–Crippen MR) is 93.2 cm³/mol. The first-order chi connectivity index (χ1) is 14.3. The topological polar surface area (TPSA) is 49.8 Å². The maximum absolute atomic E-state index is 13.5. The van der Waals surface area contributed by atoms with E-state index in [9.17, 15) is 14.3 Å². The van der Waals surface area contributed by atoms with Crippen molar-refractivity contribution in [1.82, 2.24) is 4.90 Å². The molecule has 132 valence electrons. The van der Waals surface area contributed by atoms with Gasteiger partial charge in [0.25, 0.3) is 0 Å². The molecular weight excluding hydrogens is 321 g/mol. The molecule has 3 rings (SSSR count). The van der Waals surface area contributed by atoms with Crippen molar-refractivity contribution >= 4 is 5.97 Å². The Balaban J connectivity index is 1.95. The largest absolute Gasteiger partial charge is 0.478 e. The van der Waals surface area contributed by atoms with E-state index in [0.29, 0.717) is 21.6 Å². The van der Waals surface area contributed by atoms with Gasteiger partial charge in [-0.25, -0.2) is 9.18 Å². The van der Waals surface area contributed by atoms with Crippen molar-refractivity contribution in [1.29, 1.82) is 0 Å². The zero-order chi connectivity index (χ0) is 23.0. The van der Waals surface area contributed by atoms with Gasteiger partial charge in [0.05, 0.1) is 12.2 Å². The molecule has 1 unspecified atom stereocenters. The van der Waals surface area contributed by atoms with Crippen molar-refractivity contribution in [3.8, 4) is 0 Å². The maximum atomic E-state index is 13.5. The quantitative estimate of drug-likeness (QED) is 0.865. The molecule has 1 aliphatic heterocycles. The average Bonchev–Trinajstić information content (AvgIpc) is 3.03. The summed E-state index contributed by atoms with van der Waals surface area (Å²) in [6.45, 7) is -5.70. The number of hydrogen-bond acceptors (Lipinski definition) is 3. The normalized spacial score (nSPS) is 23.8. The number of rotatable bonds is 6. The molecule has 0 saturated heterocycles. The zero-order valence-electron chi connectivity index (χ0n) is 19.5. The van der Waals surface area contributed by atoms with Gasteiger partial charge < -0.3 is 14.7 Å². The molecule has 5 heteroatoms. The van der Waals surface area contributed by atoms with Gasteiger partial charge in [0.15, 0.2) is 0 Å². The summed E-state index contributed by atoms with van der Waals surface area (Å²) in [4.78, 5) is 11.8. The molecule has 2 aromatic rings. The third-order valence-corrected chi connectivity index (χ3v) is 4.48. The third-order valence-electron chi connectivity index (χ3n) is 4.48. The standard InChI is InChI=1S/C20H22FNO3/c1-22(2)11-3-10-20(16-5-7-17(21)8-6-16)18-9-4-14(19(23)24)12-15(18)13-25-20/h4-9,12H,3,10-11,13H2,1-2H3,(H,23,24)/i1D3,2D3. The number of carboxylic acids is 1. The van der Waals surface area contributed by atoms with E-state index in [1.54, 1.807) is 18.2 Å². The smallest absolute Gasteiger partial charge is 0.335 e. The van der Waals surface area contributed by atoms with Crippen LogP contribution in [0.15, 0.2) is 42.5 Å². The molecule has 0 aromatic heterocycles. The molecule has 4 nitrogen and oxygen atoms in total. The van der Waals surface area contributed by atoms with Gasteiger partial charge in [-0.05, 0) is 74.3 Å². The summed E-state index contributed by atoms with van der Waals surface area (Å²) in [7, 11) is 0. The van der Waals surface area contributed by atoms with Crippen LogP contribution in [0.25, 0.3) is 0 Å². The van der Waals surface area contributed by atoms with Crippen molar-refractivity contribution < 1.29 is 27.3 Å². The third kappa shape index (κ3) is 3.43. The van der Waals surface area contributed by atoms with E-state index < -0.39 is 31.3 Å². The molecule has 1 N–H and O–H groups in total. The van der Waals surface area contributed by atoms with Crippen LogP contribution in [0.3, 0.4) is 0 Å². The Morgan fingerprint density at radius 1 is 1.32 bits per heavy atom. The van der Waals surface area contributed by atoms with Crippen molar-refractivity contribution in [3.63, 3.8) is 0 Å². The van der Waals surface area contributed by atoms with E-state index in [4.69, 9.17) is 13.0 Å². The highest BCUT2D eigenvalue weighted by Crippen LogP contribution is 2.45. The lowest BCUT2D eigenvalue weighted by atomic mass is 9.81. The fourth-order valence-corrected chi connectivity index (χ4v) is 3.31. The van der Waals surface area contributed by atoms with Crippen LogP contribution in [-0.2, 0) is 16.9 Å². The number of halogens is 1. The zero-order valence-corrected chi connectivity index (χ0v) is 13.5. The molecule has 25 heavy (non-hydrogen) atoms. The maximum Gasteiger partial charge on any atom is 0.335 e. The molecule has 0 spiro atoms. The molecular formula is C20H22FNO3. The van der Waals surface area contributed by atoms with Crippen molar-refractivity contribution in [3.05, 3.63) is 70.5 Å². The number of nitrogens with zero attached hydrogens (tertiary/aromatic N) is 1. The van der Waals surface area contributed by atoms with Crippen LogP contribution in [0.4, 0.5) is 4.39 Å². The highest BCUT2D eigenvalue weighted by Gasteiger charge is 2.41. The van der Waals surface area contributed by atoms with Gasteiger partial charge in [0, 0.05) is 8.22 Å². The fraction of sp³-hybridized carbons (Fsp3) is 0.350. The first-order valence-corrected chi connectivity index (χ1v) is 7.89. The summed E-state index contributed by atoms with van der Waals surface area (Å²) in [5.74, 6) is -1.51. The second kappa shape index (κ2) is 6.94. The SMILES string of the molecule is [2H]C([2H])([2H])N(CCCC1(c2ccc(F)cc2)OCc2cc(C(=O)O)ccc21)C([2H])([2H])[2H]. The number of hydrogen-bond donors (Lipinski definition) is 1. The van der Waals surface area contributed by atoms with Crippen LogP contribution < -0.4 is 0 Å². The Hall–Kier alpha value is -2.24. The summed E-state index contributed by atoms with van der Waals surface area (Å²) in [6, 6.07) is 10.3. The van der Waals surface area contributed by atoms with Gasteiger partial charge in [0.1, 0.15) is 11.4 Å². The minimum atomic E-state index is -2.79. The molecule has 1 aliphatic rings. The Morgan fingerprint density at radius 3 is 2.76 bits per heavy atom. The van der Waals surface area contributed by atoms with Gasteiger partial charge in [-0.15, -0.1) is 0 Å². The van der Waals surface area contributed by atoms with Gasteiger partial charge in [-0.3, -0.25) is 0 Å². The minimum absolute atomic E-state index is 0.105. The molecule has 0 fully saturated rings. The van der Waals surface area contributed by atoms with E-state index in [0.717, 1.165) is 0 Å². The summed E-state index contributed by atoms with van der Waals surface area (Å²) >= 11 is 0. The molecule has 0 aliphatic carbocycles. The minimum Gasteiger partial charge on any atom is -0.478 e. The number of carboxylic acid groups (broad SMARTS) is 1. The van der Waals surface area contributed by atoms with Gasteiger partial charge in [0.2, 0.25) is 0 Å². The Labute approximate surface area is 155 Å². The van der Waals surface area contributed by atoms with Gasteiger partial charge in [-0.1, -0.05) is 18.2 Å². The van der Waals surface area contributed by atoms with E-state index in [2.05, 4.69) is 0 Å². The lowest BCUT2D eigenvalue weighted by Gasteiger charge is -2.31. The van der Waals surface area contributed by atoms with E-state index in [1.807, 2.05) is 0 Å². The number of fused-ring (bicyclic) bond motifs is 1. The van der Waals surface area contributed by atoms with Crippen LogP contribution in [0.2, 0.25) is 0 Å². The van der Waals surface area contributed by atoms with Gasteiger partial charge in [-0.2, -0.15) is 0 Å². The van der Waals surface area contributed by atoms with E-state index in [1.165, 1.54) is 24.3 Å². The summed E-state index contributed by atoms with van der Waals surface area (Å²) in [5, 5.41) is 9.25. The average molecular weight is 349 g/mol. The second-order valence-electron chi connectivity index (χ2n) is 6.05. The fourth-order valence-electron chi connectivity index (χ4n) is 3.31. The number of ether oxygens (including phenoxy) is 1. The molecule has 0 bridgehead atoms. The van der Waals surface area contributed by atoms with E-state index >= 15 is 0 Å². The summed E-state index contributed by atoms with van der Waals surface area (Å²) < 4.78 is 64.8. The Bertz CT molecular complexity index is 947. The molecule has 2 aromatic carbocycles. The highest BCUT2D eigenvalue weighted by molar-refractivity contribution is 5.88. The first kappa shape index (κ1) is 11.4. The predicted octanol–water partition coefficient (Wildman–Crippen LogP) is 3.64. The molecule has 0 radical (unpaired) electrons. The number of carbonyl (C=O) groups is 1. The molecule has 1 heterocycles. The van der Waals surface area contributed by atoms with Crippen molar-refractivity contribution in [2.75, 3.05) is 20.5 Å². The monoisotopic (exact) mass is 349 g/mol.